The van der Waals surface area contributed by atoms with E-state index in [0.29, 0.717) is 17.1 Å². The van der Waals surface area contributed by atoms with Crippen molar-refractivity contribution in [3.8, 4) is 0 Å². The highest BCUT2D eigenvalue weighted by molar-refractivity contribution is 6.35. The van der Waals surface area contributed by atoms with E-state index in [1.165, 1.54) is 0 Å². The van der Waals surface area contributed by atoms with Crippen LogP contribution in [0.25, 0.3) is 10.8 Å². The van der Waals surface area contributed by atoms with Crippen molar-refractivity contribution in [3.05, 3.63) is 47.0 Å². The van der Waals surface area contributed by atoms with Gasteiger partial charge in [-0.05, 0) is 23.6 Å². The Kier molecular flexibility index (Phi) is 4.55. The van der Waals surface area contributed by atoms with Crippen LogP contribution in [-0.4, -0.2) is 12.7 Å². The SMILES string of the molecule is CCNC(CC(F)(F)F)c1ccc(Cl)c2ccccc12. The molecule has 1 unspecified atom stereocenters. The first-order chi connectivity index (χ1) is 9.42. The molecule has 0 aliphatic heterocycles. The molecule has 1 atom stereocenters. The van der Waals surface area contributed by atoms with E-state index < -0.39 is 18.6 Å². The first kappa shape index (κ1) is 15.1. The van der Waals surface area contributed by atoms with Crippen molar-refractivity contribution in [1.82, 2.24) is 5.32 Å². The Morgan fingerprint density at radius 3 is 2.35 bits per heavy atom. The van der Waals surface area contributed by atoms with Crippen molar-refractivity contribution in [3.63, 3.8) is 0 Å². The van der Waals surface area contributed by atoms with Crippen LogP contribution in [-0.2, 0) is 0 Å². The molecule has 0 spiro atoms. The van der Waals surface area contributed by atoms with E-state index in [4.69, 9.17) is 11.6 Å². The zero-order valence-corrected chi connectivity index (χ0v) is 11.7. The van der Waals surface area contributed by atoms with Crippen LogP contribution in [0.2, 0.25) is 5.02 Å². The number of hydrogen-bond acceptors (Lipinski definition) is 1. The van der Waals surface area contributed by atoms with Crippen LogP contribution in [0.4, 0.5) is 13.2 Å². The van der Waals surface area contributed by atoms with Gasteiger partial charge in [-0.15, -0.1) is 0 Å². The fourth-order valence-electron chi connectivity index (χ4n) is 2.36. The molecule has 2 aromatic carbocycles. The maximum atomic E-state index is 12.7. The largest absolute Gasteiger partial charge is 0.390 e. The molecule has 0 bridgehead atoms. The van der Waals surface area contributed by atoms with Crippen molar-refractivity contribution in [2.75, 3.05) is 6.54 Å². The maximum absolute atomic E-state index is 12.7. The minimum Gasteiger partial charge on any atom is -0.310 e. The minimum atomic E-state index is -4.21. The summed E-state index contributed by atoms with van der Waals surface area (Å²) in [5.41, 5.74) is 0.629. The van der Waals surface area contributed by atoms with Crippen LogP contribution in [0, 0.1) is 0 Å². The molecule has 2 rings (SSSR count). The summed E-state index contributed by atoms with van der Waals surface area (Å²) >= 11 is 6.10. The molecule has 0 fully saturated rings. The second-order valence-electron chi connectivity index (χ2n) is 4.61. The van der Waals surface area contributed by atoms with Crippen LogP contribution in [0.3, 0.4) is 0 Å². The number of halogens is 4. The van der Waals surface area contributed by atoms with Crippen molar-refractivity contribution in [2.24, 2.45) is 0 Å². The molecule has 2 aromatic rings. The monoisotopic (exact) mass is 301 g/mol. The number of alkyl halides is 3. The van der Waals surface area contributed by atoms with Crippen molar-refractivity contribution in [1.29, 1.82) is 0 Å². The smallest absolute Gasteiger partial charge is 0.310 e. The van der Waals surface area contributed by atoms with E-state index in [0.717, 1.165) is 10.8 Å². The molecule has 20 heavy (non-hydrogen) atoms. The number of fused-ring (bicyclic) bond motifs is 1. The molecular formula is C15H15ClF3N. The second-order valence-corrected chi connectivity index (χ2v) is 5.02. The lowest BCUT2D eigenvalue weighted by Crippen LogP contribution is -2.26. The van der Waals surface area contributed by atoms with Gasteiger partial charge in [0.2, 0.25) is 0 Å². The lowest BCUT2D eigenvalue weighted by molar-refractivity contribution is -0.140. The Hall–Kier alpha value is -1.26. The first-order valence-electron chi connectivity index (χ1n) is 6.39. The molecule has 5 heteroatoms. The molecule has 0 heterocycles. The van der Waals surface area contributed by atoms with Gasteiger partial charge in [0, 0.05) is 16.5 Å². The highest BCUT2D eigenvalue weighted by Gasteiger charge is 2.32. The molecule has 108 valence electrons. The molecule has 0 saturated heterocycles. The summed E-state index contributed by atoms with van der Waals surface area (Å²) in [6.07, 6.45) is -5.11. The van der Waals surface area contributed by atoms with E-state index in [-0.39, 0.29) is 0 Å². The van der Waals surface area contributed by atoms with Crippen molar-refractivity contribution >= 4 is 22.4 Å². The zero-order chi connectivity index (χ0) is 14.8. The molecule has 0 aliphatic carbocycles. The van der Waals surface area contributed by atoms with Gasteiger partial charge in [-0.3, -0.25) is 0 Å². The van der Waals surface area contributed by atoms with Gasteiger partial charge >= 0.3 is 6.18 Å². The molecule has 0 radical (unpaired) electrons. The topological polar surface area (TPSA) is 12.0 Å². The molecule has 1 nitrogen and oxygen atoms in total. The van der Waals surface area contributed by atoms with Gasteiger partial charge in [-0.1, -0.05) is 48.9 Å². The van der Waals surface area contributed by atoms with Gasteiger partial charge in [0.15, 0.2) is 0 Å². The Labute approximate surface area is 120 Å². The summed E-state index contributed by atoms with van der Waals surface area (Å²) in [6, 6.07) is 9.81. The number of benzene rings is 2. The van der Waals surface area contributed by atoms with Crippen LogP contribution < -0.4 is 5.32 Å². The van der Waals surface area contributed by atoms with E-state index in [1.54, 1.807) is 31.2 Å². The summed E-state index contributed by atoms with van der Waals surface area (Å²) in [5, 5.41) is 4.99. The lowest BCUT2D eigenvalue weighted by atomic mass is 9.96. The zero-order valence-electron chi connectivity index (χ0n) is 11.0. The normalized spacial score (nSPS) is 13.7. The highest BCUT2D eigenvalue weighted by atomic mass is 35.5. The van der Waals surface area contributed by atoms with Gasteiger partial charge < -0.3 is 5.32 Å². The molecule has 0 aromatic heterocycles. The third-order valence-corrected chi connectivity index (χ3v) is 3.50. The third-order valence-electron chi connectivity index (χ3n) is 3.17. The third kappa shape index (κ3) is 3.44. The van der Waals surface area contributed by atoms with Crippen LogP contribution in [0.5, 0.6) is 0 Å². The van der Waals surface area contributed by atoms with Crippen LogP contribution >= 0.6 is 11.6 Å². The number of hydrogen-bond donors (Lipinski definition) is 1. The summed E-state index contributed by atoms with van der Waals surface area (Å²) in [7, 11) is 0. The van der Waals surface area contributed by atoms with Gasteiger partial charge in [0.1, 0.15) is 0 Å². The highest BCUT2D eigenvalue weighted by Crippen LogP contribution is 2.35. The van der Waals surface area contributed by atoms with E-state index in [1.807, 2.05) is 12.1 Å². The van der Waals surface area contributed by atoms with E-state index in [2.05, 4.69) is 5.32 Å². The quantitative estimate of drug-likeness (QED) is 0.829. The average Bonchev–Trinajstić information content (AvgIpc) is 2.37. The molecular weight excluding hydrogens is 287 g/mol. The molecule has 0 aliphatic rings. The Morgan fingerprint density at radius 1 is 1.10 bits per heavy atom. The van der Waals surface area contributed by atoms with Gasteiger partial charge in [-0.2, -0.15) is 13.2 Å². The van der Waals surface area contributed by atoms with E-state index in [9.17, 15) is 13.2 Å². The predicted molar refractivity (Wildman–Crippen MR) is 76.0 cm³/mol. The summed E-state index contributed by atoms with van der Waals surface area (Å²) in [5.74, 6) is 0. The first-order valence-corrected chi connectivity index (χ1v) is 6.77. The lowest BCUT2D eigenvalue weighted by Gasteiger charge is -2.22. The van der Waals surface area contributed by atoms with Gasteiger partial charge in [0.25, 0.3) is 0 Å². The van der Waals surface area contributed by atoms with Crippen molar-refractivity contribution in [2.45, 2.75) is 25.6 Å². The number of rotatable bonds is 4. The summed E-state index contributed by atoms with van der Waals surface area (Å²) < 4.78 is 38.2. The average molecular weight is 302 g/mol. The Balaban J connectivity index is 2.51. The van der Waals surface area contributed by atoms with Crippen molar-refractivity contribution < 1.29 is 13.2 Å². The fourth-order valence-corrected chi connectivity index (χ4v) is 2.59. The molecule has 0 amide bonds. The summed E-state index contributed by atoms with van der Waals surface area (Å²) in [4.78, 5) is 0. The standard InChI is InChI=1S/C15H15ClF3N/c1-2-20-14(9-15(17,18)19)12-7-8-13(16)11-6-4-3-5-10(11)12/h3-8,14,20H,2,9H2,1H3. The van der Waals surface area contributed by atoms with Gasteiger partial charge in [-0.25, -0.2) is 0 Å². The maximum Gasteiger partial charge on any atom is 0.390 e. The van der Waals surface area contributed by atoms with Crippen LogP contribution in [0.1, 0.15) is 24.9 Å². The predicted octanol–water partition coefficient (Wildman–Crippen LogP) is 5.10. The fraction of sp³-hybridized carbons (Fsp3) is 0.333. The summed E-state index contributed by atoms with van der Waals surface area (Å²) in [6.45, 7) is 2.26. The van der Waals surface area contributed by atoms with Gasteiger partial charge in [0.05, 0.1) is 6.42 Å². The molecule has 0 saturated carbocycles. The van der Waals surface area contributed by atoms with Crippen LogP contribution in [0.15, 0.2) is 36.4 Å². The number of nitrogens with one attached hydrogen (secondary N) is 1. The molecule has 1 N–H and O–H groups in total. The Bertz CT molecular complexity index is 595. The Morgan fingerprint density at radius 2 is 1.75 bits per heavy atom. The minimum absolute atomic E-state index is 0.470. The van der Waals surface area contributed by atoms with E-state index >= 15 is 0 Å². The second kappa shape index (κ2) is 6.02.